The van der Waals surface area contributed by atoms with Gasteiger partial charge >= 0.3 is 0 Å². The minimum Gasteiger partial charge on any atom is -0.317 e. The SMILES string of the molecule is CCCN(Cc1ccc(Br)s1)C1CCNCC1.Cl. The highest BCUT2D eigenvalue weighted by molar-refractivity contribution is 9.11. The molecule has 1 fully saturated rings. The zero-order chi connectivity index (χ0) is 12.1. The summed E-state index contributed by atoms with van der Waals surface area (Å²) in [4.78, 5) is 4.14. The third-order valence-electron chi connectivity index (χ3n) is 3.32. The number of hydrogen-bond acceptors (Lipinski definition) is 3. The summed E-state index contributed by atoms with van der Waals surface area (Å²) < 4.78 is 1.24. The predicted octanol–water partition coefficient (Wildman–Crippen LogP) is 3.90. The van der Waals surface area contributed by atoms with Gasteiger partial charge in [0.15, 0.2) is 0 Å². The van der Waals surface area contributed by atoms with Crippen LogP contribution >= 0.6 is 39.7 Å². The minimum atomic E-state index is 0. The van der Waals surface area contributed by atoms with E-state index in [0.29, 0.717) is 0 Å². The molecule has 0 spiro atoms. The van der Waals surface area contributed by atoms with E-state index in [9.17, 15) is 0 Å². The first-order valence-corrected chi connectivity index (χ1v) is 8.09. The molecule has 1 aromatic heterocycles. The zero-order valence-electron chi connectivity index (χ0n) is 10.8. The van der Waals surface area contributed by atoms with Crippen molar-refractivity contribution in [2.45, 2.75) is 38.8 Å². The molecule has 1 aliphatic rings. The van der Waals surface area contributed by atoms with Crippen LogP contribution in [0.25, 0.3) is 0 Å². The number of nitrogens with one attached hydrogen (secondary N) is 1. The van der Waals surface area contributed by atoms with Gasteiger partial charge in [-0.1, -0.05) is 6.92 Å². The largest absolute Gasteiger partial charge is 0.317 e. The Bertz CT molecular complexity index is 339. The molecule has 0 unspecified atom stereocenters. The van der Waals surface area contributed by atoms with Crippen LogP contribution in [0.5, 0.6) is 0 Å². The number of hydrogen-bond donors (Lipinski definition) is 1. The van der Waals surface area contributed by atoms with Crippen molar-refractivity contribution in [3.05, 3.63) is 20.8 Å². The van der Waals surface area contributed by atoms with Gasteiger partial charge < -0.3 is 5.32 Å². The normalized spacial score (nSPS) is 16.8. The van der Waals surface area contributed by atoms with E-state index in [1.165, 1.54) is 47.6 Å². The average Bonchev–Trinajstić information content (AvgIpc) is 2.75. The molecule has 0 aromatic carbocycles. The third kappa shape index (κ3) is 4.82. The third-order valence-corrected chi connectivity index (χ3v) is 4.93. The maximum atomic E-state index is 3.55. The molecule has 2 heterocycles. The molecule has 0 aliphatic carbocycles. The van der Waals surface area contributed by atoms with Crippen LogP contribution in [0.1, 0.15) is 31.1 Å². The molecule has 5 heteroatoms. The van der Waals surface area contributed by atoms with E-state index in [-0.39, 0.29) is 12.4 Å². The first kappa shape index (κ1) is 16.4. The monoisotopic (exact) mass is 352 g/mol. The van der Waals surface area contributed by atoms with Crippen LogP contribution in [-0.4, -0.2) is 30.6 Å². The van der Waals surface area contributed by atoms with Crippen LogP contribution in [-0.2, 0) is 6.54 Å². The summed E-state index contributed by atoms with van der Waals surface area (Å²) in [5.41, 5.74) is 0. The van der Waals surface area contributed by atoms with Gasteiger partial charge in [-0.3, -0.25) is 4.90 Å². The highest BCUT2D eigenvalue weighted by Gasteiger charge is 2.20. The quantitative estimate of drug-likeness (QED) is 0.863. The topological polar surface area (TPSA) is 15.3 Å². The number of rotatable bonds is 5. The molecule has 1 saturated heterocycles. The molecule has 2 nitrogen and oxygen atoms in total. The standard InChI is InChI=1S/C13H21BrN2S.ClH/c1-2-9-16(11-5-7-15-8-6-11)10-12-3-4-13(14)17-12;/h3-4,11,15H,2,5-10H2,1H3;1H. The molecule has 1 N–H and O–H groups in total. The Morgan fingerprint density at radius 3 is 2.67 bits per heavy atom. The average molecular weight is 354 g/mol. The fourth-order valence-electron chi connectivity index (χ4n) is 2.49. The summed E-state index contributed by atoms with van der Waals surface area (Å²) in [6.07, 6.45) is 3.84. The van der Waals surface area contributed by atoms with E-state index in [1.54, 1.807) is 0 Å². The van der Waals surface area contributed by atoms with Gasteiger partial charge in [0.1, 0.15) is 0 Å². The van der Waals surface area contributed by atoms with Gasteiger partial charge in [0.2, 0.25) is 0 Å². The minimum absolute atomic E-state index is 0. The summed E-state index contributed by atoms with van der Waals surface area (Å²) in [7, 11) is 0. The van der Waals surface area contributed by atoms with Gasteiger partial charge in [-0.05, 0) is 67.0 Å². The second kappa shape index (κ2) is 8.54. The fraction of sp³-hybridized carbons (Fsp3) is 0.692. The van der Waals surface area contributed by atoms with Crippen molar-refractivity contribution in [1.29, 1.82) is 0 Å². The lowest BCUT2D eigenvalue weighted by atomic mass is 10.0. The van der Waals surface area contributed by atoms with Gasteiger partial charge in [0.05, 0.1) is 3.79 Å². The van der Waals surface area contributed by atoms with E-state index in [0.717, 1.165) is 12.6 Å². The van der Waals surface area contributed by atoms with Crippen LogP contribution in [0, 0.1) is 0 Å². The van der Waals surface area contributed by atoms with Gasteiger partial charge in [-0.2, -0.15) is 0 Å². The molecule has 104 valence electrons. The van der Waals surface area contributed by atoms with Gasteiger partial charge in [-0.25, -0.2) is 0 Å². The Balaban J connectivity index is 0.00000162. The Kier molecular flexibility index (Phi) is 7.80. The first-order chi connectivity index (χ1) is 8.29. The summed E-state index contributed by atoms with van der Waals surface area (Å²) in [6.45, 7) is 6.98. The van der Waals surface area contributed by atoms with Crippen molar-refractivity contribution in [1.82, 2.24) is 10.2 Å². The van der Waals surface area contributed by atoms with E-state index in [4.69, 9.17) is 0 Å². The van der Waals surface area contributed by atoms with Crippen LogP contribution in [0.4, 0.5) is 0 Å². The lowest BCUT2D eigenvalue weighted by Crippen LogP contribution is -2.42. The van der Waals surface area contributed by atoms with Crippen LogP contribution < -0.4 is 5.32 Å². The molecule has 0 saturated carbocycles. The van der Waals surface area contributed by atoms with Crippen molar-refractivity contribution in [3.63, 3.8) is 0 Å². The Labute approximate surface area is 129 Å². The summed E-state index contributed by atoms with van der Waals surface area (Å²) in [6, 6.07) is 5.18. The highest BCUT2D eigenvalue weighted by Crippen LogP contribution is 2.25. The van der Waals surface area contributed by atoms with Crippen molar-refractivity contribution in [2.75, 3.05) is 19.6 Å². The maximum Gasteiger partial charge on any atom is 0.0701 e. The second-order valence-electron chi connectivity index (χ2n) is 4.66. The molecule has 0 amide bonds. The van der Waals surface area contributed by atoms with Crippen molar-refractivity contribution in [2.24, 2.45) is 0 Å². The molecule has 1 aromatic rings. The van der Waals surface area contributed by atoms with Crippen molar-refractivity contribution >= 4 is 39.7 Å². The maximum absolute atomic E-state index is 3.55. The Morgan fingerprint density at radius 1 is 1.39 bits per heavy atom. The predicted molar refractivity (Wildman–Crippen MR) is 85.9 cm³/mol. The Hall–Kier alpha value is 0.390. The number of thiophene rings is 1. The molecule has 0 atom stereocenters. The van der Waals surface area contributed by atoms with Gasteiger partial charge in [0, 0.05) is 17.5 Å². The fourth-order valence-corrected chi connectivity index (χ4v) is 4.00. The van der Waals surface area contributed by atoms with E-state index in [1.807, 2.05) is 11.3 Å². The van der Waals surface area contributed by atoms with Crippen molar-refractivity contribution < 1.29 is 0 Å². The van der Waals surface area contributed by atoms with Gasteiger partial charge in [0.25, 0.3) is 0 Å². The van der Waals surface area contributed by atoms with Crippen LogP contribution in [0.15, 0.2) is 15.9 Å². The first-order valence-electron chi connectivity index (χ1n) is 6.48. The van der Waals surface area contributed by atoms with E-state index in [2.05, 4.69) is 45.2 Å². The molecule has 18 heavy (non-hydrogen) atoms. The van der Waals surface area contributed by atoms with Crippen LogP contribution in [0.2, 0.25) is 0 Å². The molecular weight excluding hydrogens is 332 g/mol. The molecule has 2 rings (SSSR count). The molecule has 0 radical (unpaired) electrons. The number of piperidine rings is 1. The van der Waals surface area contributed by atoms with E-state index < -0.39 is 0 Å². The molecule has 1 aliphatic heterocycles. The number of nitrogens with zero attached hydrogens (tertiary/aromatic N) is 1. The smallest absolute Gasteiger partial charge is 0.0701 e. The van der Waals surface area contributed by atoms with E-state index >= 15 is 0 Å². The lowest BCUT2D eigenvalue weighted by Gasteiger charge is -2.34. The number of halogens is 2. The van der Waals surface area contributed by atoms with Crippen molar-refractivity contribution in [3.8, 4) is 0 Å². The van der Waals surface area contributed by atoms with Gasteiger partial charge in [-0.15, -0.1) is 23.7 Å². The highest BCUT2D eigenvalue weighted by atomic mass is 79.9. The molecular formula is C13H22BrClN2S. The molecule has 0 bridgehead atoms. The lowest BCUT2D eigenvalue weighted by molar-refractivity contribution is 0.155. The van der Waals surface area contributed by atoms with Crippen LogP contribution in [0.3, 0.4) is 0 Å². The second-order valence-corrected chi connectivity index (χ2v) is 7.21. The zero-order valence-corrected chi connectivity index (χ0v) is 14.0. The Morgan fingerprint density at radius 2 is 2.11 bits per heavy atom. The summed E-state index contributed by atoms with van der Waals surface area (Å²) in [5.74, 6) is 0. The summed E-state index contributed by atoms with van der Waals surface area (Å²) >= 11 is 5.41. The summed E-state index contributed by atoms with van der Waals surface area (Å²) in [5, 5.41) is 3.45.